The number of para-hydroxylation sites is 1. The van der Waals surface area contributed by atoms with Crippen LogP contribution >= 0.6 is 0 Å². The highest BCUT2D eigenvalue weighted by Gasteiger charge is 2.06. The van der Waals surface area contributed by atoms with Crippen LogP contribution in [0, 0.1) is 6.92 Å². The van der Waals surface area contributed by atoms with Crippen LogP contribution in [0.2, 0.25) is 0 Å². The van der Waals surface area contributed by atoms with Crippen molar-refractivity contribution in [3.05, 3.63) is 65.7 Å². The lowest BCUT2D eigenvalue weighted by atomic mass is 10.1. The summed E-state index contributed by atoms with van der Waals surface area (Å²) in [6.45, 7) is 2.07. The summed E-state index contributed by atoms with van der Waals surface area (Å²) in [5.74, 6) is 0.438. The van der Waals surface area contributed by atoms with E-state index in [-0.39, 0.29) is 5.97 Å². The van der Waals surface area contributed by atoms with Crippen molar-refractivity contribution in [1.29, 1.82) is 0 Å². The molecular formula is C18H16N2O2. The molecule has 4 nitrogen and oxygen atoms in total. The second-order valence-electron chi connectivity index (χ2n) is 5.04. The smallest absolute Gasteiger partial charge is 0.337 e. The van der Waals surface area contributed by atoms with Crippen LogP contribution in [0.25, 0.3) is 10.9 Å². The number of carbonyl (C=O) groups is 1. The zero-order valence-corrected chi connectivity index (χ0v) is 12.5. The van der Waals surface area contributed by atoms with Gasteiger partial charge in [0.05, 0.1) is 18.2 Å². The van der Waals surface area contributed by atoms with Gasteiger partial charge in [-0.3, -0.25) is 0 Å². The first-order chi connectivity index (χ1) is 10.7. The number of carbonyl (C=O) groups excluding carboxylic acids is 1. The number of methoxy groups -OCH3 is 1. The molecule has 110 valence electrons. The van der Waals surface area contributed by atoms with Crippen LogP contribution in [0.1, 0.15) is 15.9 Å². The third-order valence-corrected chi connectivity index (χ3v) is 3.50. The molecular weight excluding hydrogens is 276 g/mol. The molecule has 0 spiro atoms. The Kier molecular flexibility index (Phi) is 3.74. The summed E-state index contributed by atoms with van der Waals surface area (Å²) >= 11 is 0. The van der Waals surface area contributed by atoms with E-state index in [4.69, 9.17) is 0 Å². The predicted molar refractivity (Wildman–Crippen MR) is 87.5 cm³/mol. The third kappa shape index (κ3) is 2.76. The van der Waals surface area contributed by atoms with Crippen LogP contribution in [-0.4, -0.2) is 18.1 Å². The van der Waals surface area contributed by atoms with Crippen LogP contribution in [-0.2, 0) is 4.74 Å². The van der Waals surface area contributed by atoms with Crippen LogP contribution < -0.4 is 5.32 Å². The van der Waals surface area contributed by atoms with Gasteiger partial charge in [0, 0.05) is 11.1 Å². The number of aryl methyl sites for hydroxylation is 1. The number of rotatable bonds is 3. The van der Waals surface area contributed by atoms with Gasteiger partial charge in [-0.05, 0) is 48.9 Å². The van der Waals surface area contributed by atoms with Crippen LogP contribution in [0.15, 0.2) is 54.6 Å². The van der Waals surface area contributed by atoms with E-state index in [9.17, 15) is 4.79 Å². The average molecular weight is 292 g/mol. The Morgan fingerprint density at radius 2 is 1.82 bits per heavy atom. The summed E-state index contributed by atoms with van der Waals surface area (Å²) in [5, 5.41) is 4.41. The zero-order chi connectivity index (χ0) is 15.5. The fourth-order valence-electron chi connectivity index (χ4n) is 2.37. The first-order valence-corrected chi connectivity index (χ1v) is 6.99. The number of anilines is 2. The number of benzene rings is 2. The van der Waals surface area contributed by atoms with Gasteiger partial charge in [0.2, 0.25) is 0 Å². The van der Waals surface area contributed by atoms with E-state index in [1.165, 1.54) is 12.7 Å². The number of fused-ring (bicyclic) bond motifs is 1. The van der Waals surface area contributed by atoms with Crippen LogP contribution in [0.3, 0.4) is 0 Å². The van der Waals surface area contributed by atoms with Crippen LogP contribution in [0.4, 0.5) is 11.5 Å². The number of hydrogen-bond donors (Lipinski definition) is 1. The molecule has 3 aromatic rings. The van der Waals surface area contributed by atoms with Gasteiger partial charge in [-0.15, -0.1) is 0 Å². The molecule has 0 unspecified atom stereocenters. The molecule has 0 bridgehead atoms. The first kappa shape index (κ1) is 14.1. The lowest BCUT2D eigenvalue weighted by Gasteiger charge is -2.09. The van der Waals surface area contributed by atoms with Crippen molar-refractivity contribution in [1.82, 2.24) is 4.98 Å². The summed E-state index contributed by atoms with van der Waals surface area (Å²) in [6.07, 6.45) is 0. The van der Waals surface area contributed by atoms with Crippen molar-refractivity contribution in [2.75, 3.05) is 12.4 Å². The maximum absolute atomic E-state index is 11.4. The molecule has 0 aliphatic rings. The molecule has 0 amide bonds. The van der Waals surface area contributed by atoms with Crippen LogP contribution in [0.5, 0.6) is 0 Å². The normalized spacial score (nSPS) is 10.5. The topological polar surface area (TPSA) is 51.2 Å². The van der Waals surface area contributed by atoms with Gasteiger partial charge in [-0.25, -0.2) is 9.78 Å². The summed E-state index contributed by atoms with van der Waals surface area (Å²) in [4.78, 5) is 16.0. The number of aromatic nitrogens is 1. The van der Waals surface area contributed by atoms with E-state index >= 15 is 0 Å². The highest BCUT2D eigenvalue weighted by Crippen LogP contribution is 2.22. The fourth-order valence-corrected chi connectivity index (χ4v) is 2.37. The largest absolute Gasteiger partial charge is 0.465 e. The quantitative estimate of drug-likeness (QED) is 0.739. The highest BCUT2D eigenvalue weighted by molar-refractivity contribution is 5.90. The molecule has 0 aliphatic heterocycles. The number of nitrogens with zero attached hydrogens (tertiary/aromatic N) is 1. The van der Waals surface area contributed by atoms with E-state index in [1.807, 2.05) is 36.4 Å². The Balaban J connectivity index is 1.88. The molecule has 0 saturated heterocycles. The van der Waals surface area contributed by atoms with Gasteiger partial charge in [0.25, 0.3) is 0 Å². The maximum Gasteiger partial charge on any atom is 0.337 e. The van der Waals surface area contributed by atoms with Gasteiger partial charge in [-0.2, -0.15) is 0 Å². The van der Waals surface area contributed by atoms with E-state index in [0.29, 0.717) is 5.56 Å². The van der Waals surface area contributed by atoms with Gasteiger partial charge in [-0.1, -0.05) is 18.2 Å². The Morgan fingerprint density at radius 3 is 2.55 bits per heavy atom. The number of ether oxygens (including phenoxy) is 1. The van der Waals surface area contributed by atoms with E-state index in [0.717, 1.165) is 22.4 Å². The predicted octanol–water partition coefficient (Wildman–Crippen LogP) is 4.07. The van der Waals surface area contributed by atoms with Crippen molar-refractivity contribution in [2.45, 2.75) is 6.92 Å². The molecule has 0 saturated carbocycles. The first-order valence-electron chi connectivity index (χ1n) is 6.99. The molecule has 1 N–H and O–H groups in total. The Hall–Kier alpha value is -2.88. The van der Waals surface area contributed by atoms with Crippen molar-refractivity contribution >= 4 is 28.4 Å². The summed E-state index contributed by atoms with van der Waals surface area (Å²) < 4.78 is 4.69. The van der Waals surface area contributed by atoms with Crippen molar-refractivity contribution in [2.24, 2.45) is 0 Å². The molecule has 2 aromatic carbocycles. The molecule has 3 rings (SSSR count). The van der Waals surface area contributed by atoms with Gasteiger partial charge >= 0.3 is 5.97 Å². The molecule has 1 heterocycles. The number of esters is 1. The van der Waals surface area contributed by atoms with E-state index in [1.54, 1.807) is 12.1 Å². The second kappa shape index (κ2) is 5.85. The SMILES string of the molecule is COC(=O)c1ccc(Nc2cc(C)c3ccccc3n2)cc1. The number of hydrogen-bond acceptors (Lipinski definition) is 4. The van der Waals surface area contributed by atoms with Gasteiger partial charge in [0.1, 0.15) is 5.82 Å². The molecule has 0 aliphatic carbocycles. The summed E-state index contributed by atoms with van der Waals surface area (Å²) in [6, 6.07) is 17.2. The summed E-state index contributed by atoms with van der Waals surface area (Å²) in [7, 11) is 1.37. The Bertz CT molecular complexity index is 826. The maximum atomic E-state index is 11.4. The van der Waals surface area contributed by atoms with E-state index < -0.39 is 0 Å². The Morgan fingerprint density at radius 1 is 1.09 bits per heavy atom. The standard InChI is InChI=1S/C18H16N2O2/c1-12-11-17(20-16-6-4-3-5-15(12)16)19-14-9-7-13(8-10-14)18(21)22-2/h3-11H,1-2H3,(H,19,20). The third-order valence-electron chi connectivity index (χ3n) is 3.50. The number of nitrogens with one attached hydrogen (secondary N) is 1. The molecule has 0 radical (unpaired) electrons. The van der Waals surface area contributed by atoms with Gasteiger partial charge < -0.3 is 10.1 Å². The van der Waals surface area contributed by atoms with Crippen molar-refractivity contribution in [3.63, 3.8) is 0 Å². The van der Waals surface area contributed by atoms with Crippen molar-refractivity contribution < 1.29 is 9.53 Å². The fraction of sp³-hybridized carbons (Fsp3) is 0.111. The minimum atomic E-state index is -0.341. The molecule has 1 aromatic heterocycles. The second-order valence-corrected chi connectivity index (χ2v) is 5.04. The highest BCUT2D eigenvalue weighted by atomic mass is 16.5. The van der Waals surface area contributed by atoms with Crippen molar-refractivity contribution in [3.8, 4) is 0 Å². The molecule has 22 heavy (non-hydrogen) atoms. The monoisotopic (exact) mass is 292 g/mol. The molecule has 4 heteroatoms. The molecule has 0 atom stereocenters. The average Bonchev–Trinajstić information content (AvgIpc) is 2.55. The van der Waals surface area contributed by atoms with Gasteiger partial charge in [0.15, 0.2) is 0 Å². The lowest BCUT2D eigenvalue weighted by molar-refractivity contribution is 0.0601. The lowest BCUT2D eigenvalue weighted by Crippen LogP contribution is -2.01. The van der Waals surface area contributed by atoms with E-state index in [2.05, 4.69) is 28.0 Å². The minimum absolute atomic E-state index is 0.341. The zero-order valence-electron chi connectivity index (χ0n) is 12.5. The number of pyridine rings is 1. The molecule has 0 fully saturated rings. The summed E-state index contributed by atoms with van der Waals surface area (Å²) in [5.41, 5.74) is 3.51. The Labute approximate surface area is 128 Å². The minimum Gasteiger partial charge on any atom is -0.465 e.